The number of anilines is 1. The quantitative estimate of drug-likeness (QED) is 0.733. The average Bonchev–Trinajstić information content (AvgIpc) is 3.08. The molecule has 2 aromatic carbocycles. The second kappa shape index (κ2) is 5.49. The predicted molar refractivity (Wildman–Crippen MR) is 92.4 cm³/mol. The Labute approximate surface area is 142 Å². The first-order valence-electron chi connectivity index (χ1n) is 7.54. The van der Waals surface area contributed by atoms with Gasteiger partial charge in [0, 0.05) is 29.1 Å². The molecule has 1 unspecified atom stereocenters. The minimum Gasteiger partial charge on any atom is -0.441 e. The van der Waals surface area contributed by atoms with Crippen LogP contribution >= 0.6 is 15.9 Å². The van der Waals surface area contributed by atoms with E-state index in [2.05, 4.69) is 38.4 Å². The summed E-state index contributed by atoms with van der Waals surface area (Å²) in [6.07, 6.45) is 1.57. The van der Waals surface area contributed by atoms with Gasteiger partial charge in [-0.1, -0.05) is 22.0 Å². The van der Waals surface area contributed by atoms with Crippen molar-refractivity contribution in [2.24, 2.45) is 5.92 Å². The van der Waals surface area contributed by atoms with Gasteiger partial charge in [-0.15, -0.1) is 0 Å². The fourth-order valence-corrected chi connectivity index (χ4v) is 3.54. The summed E-state index contributed by atoms with van der Waals surface area (Å²) in [5.41, 5.74) is 4.75. The second-order valence-electron chi connectivity index (χ2n) is 5.92. The molecule has 0 saturated carbocycles. The molecule has 1 aliphatic rings. The number of aromatic nitrogens is 1. The van der Waals surface area contributed by atoms with Crippen molar-refractivity contribution < 1.29 is 9.21 Å². The van der Waals surface area contributed by atoms with E-state index in [0.29, 0.717) is 11.5 Å². The van der Waals surface area contributed by atoms with Crippen LogP contribution in [0.25, 0.3) is 11.1 Å². The number of benzene rings is 2. The van der Waals surface area contributed by atoms with Gasteiger partial charge in [-0.05, 0) is 48.2 Å². The number of hydrogen-bond donors (Lipinski definition) is 1. The molecule has 23 heavy (non-hydrogen) atoms. The number of nitrogens with one attached hydrogen (secondary N) is 1. The number of amides is 1. The summed E-state index contributed by atoms with van der Waals surface area (Å²) in [6.45, 7) is 1.81. The molecule has 0 bridgehead atoms. The molecule has 1 atom stereocenters. The molecule has 1 heterocycles. The summed E-state index contributed by atoms with van der Waals surface area (Å²) in [7, 11) is 0. The monoisotopic (exact) mass is 370 g/mol. The molecule has 1 aliphatic carbocycles. The maximum absolute atomic E-state index is 12.5. The topological polar surface area (TPSA) is 55.1 Å². The maximum atomic E-state index is 12.5. The van der Waals surface area contributed by atoms with Gasteiger partial charge in [0.2, 0.25) is 5.91 Å². The third kappa shape index (κ3) is 2.77. The van der Waals surface area contributed by atoms with Crippen LogP contribution in [0, 0.1) is 12.8 Å². The zero-order chi connectivity index (χ0) is 16.0. The highest BCUT2D eigenvalue weighted by Crippen LogP contribution is 2.30. The summed E-state index contributed by atoms with van der Waals surface area (Å²) in [5.74, 6) is 0.652. The standard InChI is InChI=1S/C18H15BrN2O2/c1-10-20-16-5-4-15(9-17(16)23-10)21-18(22)13-6-11-2-3-14(19)8-12(11)7-13/h2-5,8-9,13H,6-7H2,1H3,(H,21,22). The zero-order valence-electron chi connectivity index (χ0n) is 12.6. The molecule has 0 radical (unpaired) electrons. The van der Waals surface area contributed by atoms with Crippen molar-refractivity contribution >= 4 is 38.6 Å². The van der Waals surface area contributed by atoms with Crippen LogP contribution in [0.1, 0.15) is 17.0 Å². The Hall–Kier alpha value is -2.14. The molecule has 0 spiro atoms. The number of fused-ring (bicyclic) bond motifs is 2. The van der Waals surface area contributed by atoms with Crippen LogP contribution in [0.3, 0.4) is 0 Å². The van der Waals surface area contributed by atoms with E-state index < -0.39 is 0 Å². The predicted octanol–water partition coefficient (Wildman–Crippen LogP) is 4.25. The maximum Gasteiger partial charge on any atom is 0.228 e. The van der Waals surface area contributed by atoms with E-state index in [9.17, 15) is 4.79 Å². The second-order valence-corrected chi connectivity index (χ2v) is 6.84. The number of nitrogens with zero attached hydrogens (tertiary/aromatic N) is 1. The SMILES string of the molecule is Cc1nc2ccc(NC(=O)C3Cc4ccc(Br)cc4C3)cc2o1. The largest absolute Gasteiger partial charge is 0.441 e. The fraction of sp³-hybridized carbons (Fsp3) is 0.222. The van der Waals surface area contributed by atoms with Crippen LogP contribution in [0.4, 0.5) is 5.69 Å². The molecule has 0 aliphatic heterocycles. The third-order valence-corrected chi connectivity index (χ3v) is 4.73. The zero-order valence-corrected chi connectivity index (χ0v) is 14.2. The molecular weight excluding hydrogens is 356 g/mol. The molecular formula is C18H15BrN2O2. The van der Waals surface area contributed by atoms with Gasteiger partial charge in [-0.25, -0.2) is 4.98 Å². The summed E-state index contributed by atoms with van der Waals surface area (Å²) in [4.78, 5) is 16.8. The van der Waals surface area contributed by atoms with Gasteiger partial charge in [-0.2, -0.15) is 0 Å². The highest BCUT2D eigenvalue weighted by atomic mass is 79.9. The number of aryl methyl sites for hydroxylation is 1. The van der Waals surface area contributed by atoms with Gasteiger partial charge >= 0.3 is 0 Å². The number of oxazole rings is 1. The molecule has 1 N–H and O–H groups in total. The van der Waals surface area contributed by atoms with E-state index >= 15 is 0 Å². The number of carbonyl (C=O) groups is 1. The molecule has 116 valence electrons. The Balaban J connectivity index is 1.51. The lowest BCUT2D eigenvalue weighted by atomic mass is 10.1. The van der Waals surface area contributed by atoms with Crippen LogP contribution in [0.2, 0.25) is 0 Å². The Bertz CT molecular complexity index is 917. The van der Waals surface area contributed by atoms with E-state index in [1.165, 1.54) is 11.1 Å². The van der Waals surface area contributed by atoms with Crippen molar-refractivity contribution in [1.29, 1.82) is 0 Å². The van der Waals surface area contributed by atoms with Gasteiger partial charge in [0.15, 0.2) is 11.5 Å². The highest BCUT2D eigenvalue weighted by molar-refractivity contribution is 9.10. The molecule has 3 aromatic rings. The lowest BCUT2D eigenvalue weighted by Gasteiger charge is -2.10. The first-order valence-corrected chi connectivity index (χ1v) is 8.33. The minimum absolute atomic E-state index is 0.0218. The van der Waals surface area contributed by atoms with Gasteiger partial charge in [0.05, 0.1) is 0 Å². The Morgan fingerprint density at radius 1 is 1.22 bits per heavy atom. The van der Waals surface area contributed by atoms with Crippen LogP contribution in [0.15, 0.2) is 45.3 Å². The van der Waals surface area contributed by atoms with Crippen LogP contribution < -0.4 is 5.32 Å². The smallest absolute Gasteiger partial charge is 0.228 e. The van der Waals surface area contributed by atoms with Crippen LogP contribution in [0.5, 0.6) is 0 Å². The van der Waals surface area contributed by atoms with Gasteiger partial charge in [0.1, 0.15) is 5.52 Å². The van der Waals surface area contributed by atoms with Crippen LogP contribution in [-0.4, -0.2) is 10.9 Å². The average molecular weight is 371 g/mol. The van der Waals surface area contributed by atoms with Crippen molar-refractivity contribution in [3.8, 4) is 0 Å². The normalized spacial score (nSPS) is 16.5. The van der Waals surface area contributed by atoms with Crippen molar-refractivity contribution in [2.45, 2.75) is 19.8 Å². The van der Waals surface area contributed by atoms with Crippen LogP contribution in [-0.2, 0) is 17.6 Å². The lowest BCUT2D eigenvalue weighted by Crippen LogP contribution is -2.23. The van der Waals surface area contributed by atoms with E-state index in [4.69, 9.17) is 4.42 Å². The molecule has 5 heteroatoms. The van der Waals surface area contributed by atoms with Crippen molar-refractivity contribution in [3.63, 3.8) is 0 Å². The van der Waals surface area contributed by atoms with E-state index in [-0.39, 0.29) is 11.8 Å². The highest BCUT2D eigenvalue weighted by Gasteiger charge is 2.27. The summed E-state index contributed by atoms with van der Waals surface area (Å²) < 4.78 is 6.57. The molecule has 1 aromatic heterocycles. The van der Waals surface area contributed by atoms with Gasteiger partial charge < -0.3 is 9.73 Å². The van der Waals surface area contributed by atoms with E-state index in [1.807, 2.05) is 31.2 Å². The van der Waals surface area contributed by atoms with Gasteiger partial charge in [0.25, 0.3) is 0 Å². The number of rotatable bonds is 2. The molecule has 1 amide bonds. The third-order valence-electron chi connectivity index (χ3n) is 4.23. The first kappa shape index (κ1) is 14.5. The molecule has 0 saturated heterocycles. The summed E-state index contributed by atoms with van der Waals surface area (Å²) in [6, 6.07) is 11.8. The minimum atomic E-state index is -0.0218. The number of hydrogen-bond acceptors (Lipinski definition) is 3. The van der Waals surface area contributed by atoms with E-state index in [0.717, 1.165) is 28.5 Å². The fourth-order valence-electron chi connectivity index (χ4n) is 3.13. The number of carbonyl (C=O) groups excluding carboxylic acids is 1. The molecule has 4 rings (SSSR count). The van der Waals surface area contributed by atoms with Crippen molar-refractivity contribution in [2.75, 3.05) is 5.32 Å². The van der Waals surface area contributed by atoms with Crippen molar-refractivity contribution in [1.82, 2.24) is 4.98 Å². The molecule has 0 fully saturated rings. The Morgan fingerprint density at radius 2 is 2.04 bits per heavy atom. The molecule has 4 nitrogen and oxygen atoms in total. The first-order chi connectivity index (χ1) is 11.1. The van der Waals surface area contributed by atoms with Gasteiger partial charge in [-0.3, -0.25) is 4.79 Å². The van der Waals surface area contributed by atoms with E-state index in [1.54, 1.807) is 0 Å². The summed E-state index contributed by atoms with van der Waals surface area (Å²) in [5, 5.41) is 3.00. The Kier molecular flexibility index (Phi) is 3.45. The Morgan fingerprint density at radius 3 is 2.91 bits per heavy atom. The lowest BCUT2D eigenvalue weighted by molar-refractivity contribution is -0.119. The number of halogens is 1. The summed E-state index contributed by atoms with van der Waals surface area (Å²) >= 11 is 3.48. The van der Waals surface area contributed by atoms with Crippen molar-refractivity contribution in [3.05, 3.63) is 57.9 Å².